The van der Waals surface area contributed by atoms with E-state index in [-0.39, 0.29) is 0 Å². The fourth-order valence-electron chi connectivity index (χ4n) is 1.81. The largest absolute Gasteiger partial charge is 0.414 e. The Kier molecular flexibility index (Phi) is 7.65. The van der Waals surface area contributed by atoms with E-state index in [9.17, 15) is 0 Å². The molecule has 2 nitrogen and oxygen atoms in total. The van der Waals surface area contributed by atoms with E-state index in [4.69, 9.17) is 9.16 Å². The molecule has 18 heavy (non-hydrogen) atoms. The number of benzene rings is 1. The quantitative estimate of drug-likeness (QED) is 0.635. The number of methoxy groups -OCH3 is 1. The molecule has 1 radical (unpaired) electrons. The molecule has 0 aliphatic rings. The van der Waals surface area contributed by atoms with Crippen molar-refractivity contribution in [2.45, 2.75) is 25.8 Å². The normalized spacial score (nSPS) is 10.8. The van der Waals surface area contributed by atoms with Crippen LogP contribution in [0.1, 0.15) is 24.5 Å². The number of hydrogen-bond donors (Lipinski definition) is 0. The highest BCUT2D eigenvalue weighted by Gasteiger charge is 2.11. The highest BCUT2D eigenvalue weighted by Crippen LogP contribution is 2.08. The van der Waals surface area contributed by atoms with Gasteiger partial charge < -0.3 is 9.16 Å². The fraction of sp³-hybridized carbons (Fsp3) is 0.467. The van der Waals surface area contributed by atoms with Gasteiger partial charge in [-0.2, -0.15) is 0 Å². The Morgan fingerprint density at radius 2 is 2.22 bits per heavy atom. The Balaban J connectivity index is 2.36. The molecule has 0 spiro atoms. The molecule has 0 saturated carbocycles. The standard InChI is InChI=1S/C15H23O2Si/c1-4-11-18(13-16-3)17-10-9-15-8-6-7-14(5-2)12-15/h5-8,12H,2,4,9-11,13H2,1,3H3. The predicted octanol–water partition coefficient (Wildman–Crippen LogP) is 3.48. The zero-order valence-electron chi connectivity index (χ0n) is 11.4. The van der Waals surface area contributed by atoms with Gasteiger partial charge in [0, 0.05) is 13.7 Å². The average Bonchev–Trinajstić information content (AvgIpc) is 2.39. The van der Waals surface area contributed by atoms with E-state index < -0.39 is 9.04 Å². The van der Waals surface area contributed by atoms with Crippen LogP contribution in [-0.2, 0) is 15.6 Å². The van der Waals surface area contributed by atoms with E-state index in [1.54, 1.807) is 7.11 Å². The molecule has 1 aromatic carbocycles. The molecule has 3 heteroatoms. The van der Waals surface area contributed by atoms with Crippen molar-refractivity contribution in [3.8, 4) is 0 Å². The van der Waals surface area contributed by atoms with Gasteiger partial charge in [0.2, 0.25) is 9.04 Å². The summed E-state index contributed by atoms with van der Waals surface area (Å²) >= 11 is 0. The van der Waals surface area contributed by atoms with E-state index in [1.165, 1.54) is 17.5 Å². The second kappa shape index (κ2) is 9.08. The van der Waals surface area contributed by atoms with Crippen molar-refractivity contribution in [1.82, 2.24) is 0 Å². The maximum atomic E-state index is 5.95. The summed E-state index contributed by atoms with van der Waals surface area (Å²) in [7, 11) is 0.973. The Bertz CT molecular complexity index is 346. The second-order valence-electron chi connectivity index (χ2n) is 4.27. The minimum Gasteiger partial charge on any atom is -0.414 e. The summed E-state index contributed by atoms with van der Waals surface area (Å²) in [6.07, 6.45) is 4.79. The first-order valence-electron chi connectivity index (χ1n) is 6.48. The van der Waals surface area contributed by atoms with Crippen molar-refractivity contribution in [2.75, 3.05) is 19.9 Å². The molecule has 0 aliphatic carbocycles. The van der Waals surface area contributed by atoms with Gasteiger partial charge in [-0.3, -0.25) is 0 Å². The SMILES string of the molecule is C=Cc1cccc(CCO[Si](CCC)COC)c1. The molecule has 99 valence electrons. The zero-order valence-corrected chi connectivity index (χ0v) is 12.4. The van der Waals surface area contributed by atoms with Crippen LogP contribution < -0.4 is 0 Å². The van der Waals surface area contributed by atoms with Crippen LogP contribution in [0.5, 0.6) is 0 Å². The van der Waals surface area contributed by atoms with E-state index in [0.29, 0.717) is 0 Å². The molecule has 0 amide bonds. The maximum absolute atomic E-state index is 5.95. The minimum absolute atomic E-state index is 0.774. The highest BCUT2D eigenvalue weighted by molar-refractivity contribution is 6.51. The Hall–Kier alpha value is -0.903. The summed E-state index contributed by atoms with van der Waals surface area (Å²) < 4.78 is 11.2. The lowest BCUT2D eigenvalue weighted by atomic mass is 10.1. The Labute approximate surface area is 112 Å². The van der Waals surface area contributed by atoms with Crippen molar-refractivity contribution in [2.24, 2.45) is 0 Å². The summed E-state index contributed by atoms with van der Waals surface area (Å²) in [5.74, 6) is 0. The van der Waals surface area contributed by atoms with Crippen LogP contribution in [0.15, 0.2) is 30.8 Å². The molecule has 0 saturated heterocycles. The van der Waals surface area contributed by atoms with E-state index in [1.807, 2.05) is 6.08 Å². The van der Waals surface area contributed by atoms with Crippen molar-refractivity contribution in [3.63, 3.8) is 0 Å². The van der Waals surface area contributed by atoms with Gasteiger partial charge in [-0.15, -0.1) is 0 Å². The smallest absolute Gasteiger partial charge is 0.238 e. The number of rotatable bonds is 9. The van der Waals surface area contributed by atoms with Crippen LogP contribution in [-0.4, -0.2) is 29.0 Å². The van der Waals surface area contributed by atoms with E-state index in [0.717, 1.165) is 25.3 Å². The molecule has 0 N–H and O–H groups in total. The number of ether oxygens (including phenoxy) is 1. The van der Waals surface area contributed by atoms with Gasteiger partial charge in [-0.25, -0.2) is 0 Å². The second-order valence-corrected chi connectivity index (χ2v) is 6.42. The van der Waals surface area contributed by atoms with Gasteiger partial charge in [-0.05, 0) is 23.6 Å². The van der Waals surface area contributed by atoms with Crippen LogP contribution in [0.3, 0.4) is 0 Å². The van der Waals surface area contributed by atoms with E-state index >= 15 is 0 Å². The fourth-order valence-corrected chi connectivity index (χ4v) is 3.46. The van der Waals surface area contributed by atoms with E-state index in [2.05, 4.69) is 37.8 Å². The van der Waals surface area contributed by atoms with Crippen LogP contribution >= 0.6 is 0 Å². The van der Waals surface area contributed by atoms with Crippen LogP contribution in [0, 0.1) is 0 Å². The molecule has 0 aliphatic heterocycles. The molecule has 1 aromatic rings. The van der Waals surface area contributed by atoms with Crippen molar-refractivity contribution >= 4 is 15.1 Å². The number of hydrogen-bond acceptors (Lipinski definition) is 2. The third kappa shape index (κ3) is 5.62. The van der Waals surface area contributed by atoms with Gasteiger partial charge in [0.05, 0.1) is 6.23 Å². The van der Waals surface area contributed by atoms with Crippen LogP contribution in [0.2, 0.25) is 6.04 Å². The highest BCUT2D eigenvalue weighted by atomic mass is 28.3. The molecule has 0 bridgehead atoms. The molecular formula is C15H23O2Si. The third-order valence-electron chi connectivity index (χ3n) is 2.72. The maximum Gasteiger partial charge on any atom is 0.238 e. The van der Waals surface area contributed by atoms with Crippen LogP contribution in [0.4, 0.5) is 0 Å². The summed E-state index contributed by atoms with van der Waals surface area (Å²) in [5.41, 5.74) is 2.48. The molecule has 0 atom stereocenters. The molecular weight excluding hydrogens is 240 g/mol. The molecule has 0 aromatic heterocycles. The monoisotopic (exact) mass is 263 g/mol. The lowest BCUT2D eigenvalue weighted by Gasteiger charge is -2.13. The Morgan fingerprint density at radius 3 is 2.89 bits per heavy atom. The van der Waals surface area contributed by atoms with Gasteiger partial charge in [-0.1, -0.05) is 50.3 Å². The summed E-state index contributed by atoms with van der Waals surface area (Å²) in [6, 6.07) is 9.59. The van der Waals surface area contributed by atoms with Gasteiger partial charge in [0.1, 0.15) is 0 Å². The molecule has 1 rings (SSSR count). The molecule has 0 heterocycles. The minimum atomic E-state index is -0.774. The van der Waals surface area contributed by atoms with Gasteiger partial charge >= 0.3 is 0 Å². The van der Waals surface area contributed by atoms with Gasteiger partial charge in [0.25, 0.3) is 0 Å². The molecule has 0 unspecified atom stereocenters. The molecule has 0 fully saturated rings. The summed E-state index contributed by atoms with van der Waals surface area (Å²) in [5, 5.41) is 0. The predicted molar refractivity (Wildman–Crippen MR) is 78.9 cm³/mol. The van der Waals surface area contributed by atoms with Crippen molar-refractivity contribution in [1.29, 1.82) is 0 Å². The lowest BCUT2D eigenvalue weighted by molar-refractivity contribution is 0.217. The lowest BCUT2D eigenvalue weighted by Crippen LogP contribution is -2.25. The summed E-state index contributed by atoms with van der Waals surface area (Å²) in [6.45, 7) is 6.77. The Morgan fingerprint density at radius 1 is 1.39 bits per heavy atom. The third-order valence-corrected chi connectivity index (χ3v) is 5.00. The topological polar surface area (TPSA) is 18.5 Å². The summed E-state index contributed by atoms with van der Waals surface area (Å²) in [4.78, 5) is 0. The average molecular weight is 263 g/mol. The first-order chi connectivity index (χ1) is 8.80. The zero-order chi connectivity index (χ0) is 13.2. The van der Waals surface area contributed by atoms with Crippen molar-refractivity contribution in [3.05, 3.63) is 42.0 Å². The van der Waals surface area contributed by atoms with Crippen LogP contribution in [0.25, 0.3) is 6.08 Å². The first-order valence-corrected chi connectivity index (χ1v) is 8.30. The van der Waals surface area contributed by atoms with Crippen molar-refractivity contribution < 1.29 is 9.16 Å². The van der Waals surface area contributed by atoms with Gasteiger partial charge in [0.15, 0.2) is 0 Å². The first kappa shape index (κ1) is 15.2.